The van der Waals surface area contributed by atoms with E-state index < -0.39 is 5.82 Å². The van der Waals surface area contributed by atoms with Crippen molar-refractivity contribution >= 4 is 5.91 Å². The first kappa shape index (κ1) is 15.7. The first-order valence-electron chi connectivity index (χ1n) is 7.18. The lowest BCUT2D eigenvalue weighted by Gasteiger charge is -2.13. The molecule has 0 spiro atoms. The Kier molecular flexibility index (Phi) is 4.55. The van der Waals surface area contributed by atoms with Crippen LogP contribution in [0.25, 0.3) is 0 Å². The first-order valence-corrected chi connectivity index (χ1v) is 7.18. The van der Waals surface area contributed by atoms with Gasteiger partial charge in [0.25, 0.3) is 5.91 Å². The van der Waals surface area contributed by atoms with Crippen molar-refractivity contribution in [3.63, 3.8) is 0 Å². The third-order valence-corrected chi connectivity index (χ3v) is 3.24. The quantitative estimate of drug-likeness (QED) is 0.750. The Balaban J connectivity index is 1.59. The van der Waals surface area contributed by atoms with Gasteiger partial charge in [0, 0.05) is 19.3 Å². The molecular weight excluding hydrogens is 315 g/mol. The third-order valence-electron chi connectivity index (χ3n) is 3.24. The molecule has 0 saturated carbocycles. The molecule has 0 fully saturated rings. The van der Waals surface area contributed by atoms with E-state index in [1.54, 1.807) is 31.4 Å². The molecule has 3 aromatic rings. The van der Waals surface area contributed by atoms with Gasteiger partial charge in [0.2, 0.25) is 5.89 Å². The number of ether oxygens (including phenoxy) is 1. The largest absolute Gasteiger partial charge is 0.484 e. The van der Waals surface area contributed by atoms with Crippen molar-refractivity contribution in [2.75, 3.05) is 7.05 Å². The third kappa shape index (κ3) is 3.78. The van der Waals surface area contributed by atoms with Gasteiger partial charge in [0.1, 0.15) is 17.8 Å². The molecule has 2 aromatic heterocycles. The highest BCUT2D eigenvalue weighted by atomic mass is 19.1. The minimum atomic E-state index is -0.392. The molecule has 8 heteroatoms. The van der Waals surface area contributed by atoms with Crippen LogP contribution in [0.3, 0.4) is 0 Å². The van der Waals surface area contributed by atoms with E-state index in [1.807, 2.05) is 0 Å². The van der Waals surface area contributed by atoms with E-state index in [0.717, 1.165) is 5.69 Å². The molecule has 0 bridgehead atoms. The van der Waals surface area contributed by atoms with Gasteiger partial charge < -0.3 is 14.1 Å². The molecule has 0 saturated heterocycles. The van der Waals surface area contributed by atoms with Gasteiger partial charge in [0.15, 0.2) is 12.3 Å². The fourth-order valence-corrected chi connectivity index (χ4v) is 2.07. The summed E-state index contributed by atoms with van der Waals surface area (Å²) in [7, 11) is 1.65. The van der Waals surface area contributed by atoms with Crippen molar-refractivity contribution in [3.8, 4) is 5.75 Å². The fraction of sp³-hybridized carbons (Fsp3) is 0.188. The second-order valence-corrected chi connectivity index (χ2v) is 5.12. The number of H-pyrrole nitrogens is 1. The Hall–Kier alpha value is -3.16. The number of halogens is 1. The Labute approximate surface area is 137 Å². The average Bonchev–Trinajstić information content (AvgIpc) is 3.24. The highest BCUT2D eigenvalue weighted by Gasteiger charge is 2.17. The summed E-state index contributed by atoms with van der Waals surface area (Å²) in [4.78, 5) is 17.9. The van der Waals surface area contributed by atoms with Crippen LogP contribution in [0.2, 0.25) is 0 Å². The summed E-state index contributed by atoms with van der Waals surface area (Å²) in [5, 5.41) is 6.61. The number of amides is 1. The maximum absolute atomic E-state index is 13.1. The summed E-state index contributed by atoms with van der Waals surface area (Å²) < 4.78 is 23.7. The minimum Gasteiger partial charge on any atom is -0.484 e. The standard InChI is InChI=1S/C16H15FN4O3/c1-21(8-12-5-6-18-20-12)16(22)14-9-24-15(19-14)10-23-13-4-2-3-11(17)7-13/h2-7,9H,8,10H2,1H3,(H,18,20). The van der Waals surface area contributed by atoms with E-state index in [4.69, 9.17) is 9.15 Å². The molecule has 1 N–H and O–H groups in total. The summed E-state index contributed by atoms with van der Waals surface area (Å²) in [6, 6.07) is 7.53. The van der Waals surface area contributed by atoms with Crippen LogP contribution in [-0.4, -0.2) is 33.0 Å². The van der Waals surface area contributed by atoms with Crippen molar-refractivity contribution < 1.29 is 18.3 Å². The Morgan fingerprint density at radius 1 is 1.42 bits per heavy atom. The predicted octanol–water partition coefficient (Wildman–Crippen LogP) is 2.39. The van der Waals surface area contributed by atoms with Gasteiger partial charge in [-0.2, -0.15) is 5.10 Å². The molecule has 1 amide bonds. The van der Waals surface area contributed by atoms with Crippen molar-refractivity contribution in [1.82, 2.24) is 20.1 Å². The maximum Gasteiger partial charge on any atom is 0.275 e. The van der Waals surface area contributed by atoms with Crippen LogP contribution in [0.1, 0.15) is 22.1 Å². The van der Waals surface area contributed by atoms with Crippen LogP contribution >= 0.6 is 0 Å². The molecule has 124 valence electrons. The monoisotopic (exact) mass is 330 g/mol. The van der Waals surface area contributed by atoms with Crippen molar-refractivity contribution in [1.29, 1.82) is 0 Å². The highest BCUT2D eigenvalue weighted by Crippen LogP contribution is 2.14. The molecular formula is C16H15FN4O3. The number of rotatable bonds is 6. The lowest BCUT2D eigenvalue weighted by Crippen LogP contribution is -2.26. The van der Waals surface area contributed by atoms with Crippen LogP contribution in [0.15, 0.2) is 47.2 Å². The molecule has 7 nitrogen and oxygen atoms in total. The van der Waals surface area contributed by atoms with Crippen LogP contribution in [0.5, 0.6) is 5.75 Å². The van der Waals surface area contributed by atoms with Crippen LogP contribution in [0, 0.1) is 5.82 Å². The summed E-state index contributed by atoms with van der Waals surface area (Å²) in [6.07, 6.45) is 2.89. The van der Waals surface area contributed by atoms with Gasteiger partial charge in [0.05, 0.1) is 12.2 Å². The second-order valence-electron chi connectivity index (χ2n) is 5.12. The molecule has 0 aliphatic heterocycles. The van der Waals surface area contributed by atoms with Gasteiger partial charge in [-0.15, -0.1) is 0 Å². The number of hydrogen-bond acceptors (Lipinski definition) is 5. The Morgan fingerprint density at radius 2 is 2.29 bits per heavy atom. The number of nitrogens with one attached hydrogen (secondary N) is 1. The zero-order valence-electron chi connectivity index (χ0n) is 12.9. The summed E-state index contributed by atoms with van der Waals surface area (Å²) >= 11 is 0. The van der Waals surface area contributed by atoms with E-state index >= 15 is 0 Å². The number of nitrogens with zero attached hydrogens (tertiary/aromatic N) is 3. The summed E-state index contributed by atoms with van der Waals surface area (Å²) in [6.45, 7) is 0.377. The SMILES string of the molecule is CN(Cc1ccn[nH]1)C(=O)c1coc(COc2cccc(F)c2)n1. The Morgan fingerprint density at radius 3 is 3.04 bits per heavy atom. The number of benzene rings is 1. The smallest absolute Gasteiger partial charge is 0.275 e. The maximum atomic E-state index is 13.1. The number of aromatic nitrogens is 3. The zero-order chi connectivity index (χ0) is 16.9. The molecule has 0 radical (unpaired) electrons. The van der Waals surface area contributed by atoms with Crippen molar-refractivity contribution in [2.45, 2.75) is 13.2 Å². The van der Waals surface area contributed by atoms with E-state index in [9.17, 15) is 9.18 Å². The van der Waals surface area contributed by atoms with Crippen LogP contribution in [0.4, 0.5) is 4.39 Å². The highest BCUT2D eigenvalue weighted by molar-refractivity contribution is 5.91. The van der Waals surface area contributed by atoms with Gasteiger partial charge in [-0.05, 0) is 18.2 Å². The Bertz CT molecular complexity index is 816. The van der Waals surface area contributed by atoms with E-state index in [1.165, 1.54) is 23.3 Å². The van der Waals surface area contributed by atoms with Gasteiger partial charge >= 0.3 is 0 Å². The fourth-order valence-electron chi connectivity index (χ4n) is 2.07. The van der Waals surface area contributed by atoms with Gasteiger partial charge in [-0.1, -0.05) is 6.07 Å². The number of oxazole rings is 1. The molecule has 0 aliphatic carbocycles. The zero-order valence-corrected chi connectivity index (χ0v) is 12.9. The molecule has 2 heterocycles. The number of aromatic amines is 1. The average molecular weight is 330 g/mol. The van der Waals surface area contributed by atoms with Gasteiger partial charge in [-0.25, -0.2) is 9.37 Å². The number of carbonyl (C=O) groups is 1. The molecule has 0 atom stereocenters. The van der Waals surface area contributed by atoms with E-state index in [-0.39, 0.29) is 24.1 Å². The number of hydrogen-bond donors (Lipinski definition) is 1. The second kappa shape index (κ2) is 6.95. The molecule has 3 rings (SSSR count). The van der Waals surface area contributed by atoms with Crippen molar-refractivity contribution in [2.24, 2.45) is 0 Å². The number of carbonyl (C=O) groups excluding carboxylic acids is 1. The van der Waals surface area contributed by atoms with Gasteiger partial charge in [-0.3, -0.25) is 9.89 Å². The normalized spacial score (nSPS) is 10.6. The van der Waals surface area contributed by atoms with E-state index in [2.05, 4.69) is 15.2 Å². The van der Waals surface area contributed by atoms with E-state index in [0.29, 0.717) is 12.3 Å². The lowest BCUT2D eigenvalue weighted by atomic mass is 10.3. The molecule has 24 heavy (non-hydrogen) atoms. The first-order chi connectivity index (χ1) is 11.6. The molecule has 1 aromatic carbocycles. The van der Waals surface area contributed by atoms with Crippen LogP contribution < -0.4 is 4.74 Å². The minimum absolute atomic E-state index is 0.000988. The lowest BCUT2D eigenvalue weighted by molar-refractivity contribution is 0.0777. The summed E-state index contributed by atoms with van der Waals surface area (Å²) in [5.74, 6) is -0.0865. The predicted molar refractivity (Wildman–Crippen MR) is 81.6 cm³/mol. The van der Waals surface area contributed by atoms with Crippen molar-refractivity contribution in [3.05, 3.63) is 65.9 Å². The molecule has 0 aliphatic rings. The summed E-state index contributed by atoms with van der Waals surface area (Å²) in [5.41, 5.74) is 0.985. The topological polar surface area (TPSA) is 84.2 Å². The van der Waals surface area contributed by atoms with Crippen LogP contribution in [-0.2, 0) is 13.2 Å². The molecule has 0 unspecified atom stereocenters.